The average molecular weight is 429 g/mol. The van der Waals surface area contributed by atoms with Crippen LogP contribution in [-0.2, 0) is 9.59 Å². The van der Waals surface area contributed by atoms with Gasteiger partial charge in [0.05, 0.1) is 0 Å². The van der Waals surface area contributed by atoms with Crippen molar-refractivity contribution < 1.29 is 9.59 Å². The lowest BCUT2D eigenvalue weighted by Crippen LogP contribution is -2.63. The van der Waals surface area contributed by atoms with Crippen LogP contribution in [0.15, 0.2) is 18.2 Å². The van der Waals surface area contributed by atoms with Crippen molar-refractivity contribution in [3.05, 3.63) is 29.3 Å². The van der Waals surface area contributed by atoms with Gasteiger partial charge in [-0.15, -0.1) is 0 Å². The first-order valence-electron chi connectivity index (χ1n) is 11.9. The quantitative estimate of drug-likeness (QED) is 0.728. The summed E-state index contributed by atoms with van der Waals surface area (Å²) in [6.45, 7) is 7.75. The highest BCUT2D eigenvalue weighted by molar-refractivity contribution is 5.99. The number of hydrogen-bond donors (Lipinski definition) is 2. The SMILES string of the molecule is CCC(=O)NC1CCCCC1N1CCC(C(=O)Nc2c(C)cccc2C)(N(C)C)CC1. The Morgan fingerprint density at radius 1 is 1.10 bits per heavy atom. The van der Waals surface area contributed by atoms with Crippen LogP contribution < -0.4 is 10.6 Å². The van der Waals surface area contributed by atoms with Gasteiger partial charge in [0.25, 0.3) is 0 Å². The molecule has 31 heavy (non-hydrogen) atoms. The van der Waals surface area contributed by atoms with E-state index in [1.54, 1.807) is 0 Å². The monoisotopic (exact) mass is 428 g/mol. The number of nitrogens with one attached hydrogen (secondary N) is 2. The minimum absolute atomic E-state index is 0.0917. The fourth-order valence-electron chi connectivity index (χ4n) is 5.37. The predicted octanol–water partition coefficient (Wildman–Crippen LogP) is 3.48. The van der Waals surface area contributed by atoms with Gasteiger partial charge in [-0.25, -0.2) is 0 Å². The molecule has 1 aliphatic heterocycles. The van der Waals surface area contributed by atoms with E-state index >= 15 is 0 Å². The zero-order valence-corrected chi connectivity index (χ0v) is 20.0. The van der Waals surface area contributed by atoms with Crippen LogP contribution >= 0.6 is 0 Å². The molecular formula is C25H40N4O2. The molecule has 2 aliphatic rings. The molecule has 0 bridgehead atoms. The molecular weight excluding hydrogens is 388 g/mol. The zero-order valence-electron chi connectivity index (χ0n) is 20.0. The molecule has 2 N–H and O–H groups in total. The Morgan fingerprint density at radius 2 is 1.71 bits per heavy atom. The lowest BCUT2D eigenvalue weighted by atomic mass is 9.82. The summed E-state index contributed by atoms with van der Waals surface area (Å²) < 4.78 is 0. The van der Waals surface area contributed by atoms with Crippen LogP contribution in [0.25, 0.3) is 0 Å². The van der Waals surface area contributed by atoms with Gasteiger partial charge in [0.1, 0.15) is 5.54 Å². The number of piperidine rings is 1. The van der Waals surface area contributed by atoms with Gasteiger partial charge in [-0.1, -0.05) is 38.0 Å². The molecule has 1 aliphatic carbocycles. The molecule has 2 unspecified atom stereocenters. The molecule has 2 amide bonds. The normalized spacial score (nSPS) is 24.1. The first-order chi connectivity index (χ1) is 14.8. The van der Waals surface area contributed by atoms with E-state index in [0.717, 1.165) is 55.6 Å². The molecule has 2 fully saturated rings. The van der Waals surface area contributed by atoms with Crippen LogP contribution in [0.3, 0.4) is 0 Å². The third-order valence-corrected chi connectivity index (χ3v) is 7.49. The average Bonchev–Trinajstić information content (AvgIpc) is 2.76. The Labute approximate surface area is 187 Å². The van der Waals surface area contributed by atoms with Gasteiger partial charge in [-0.3, -0.25) is 19.4 Å². The van der Waals surface area contributed by atoms with Crippen molar-refractivity contribution in [2.24, 2.45) is 0 Å². The van der Waals surface area contributed by atoms with Gasteiger partial charge in [-0.2, -0.15) is 0 Å². The molecule has 1 heterocycles. The van der Waals surface area contributed by atoms with E-state index in [4.69, 9.17) is 0 Å². The van der Waals surface area contributed by atoms with Gasteiger partial charge in [0.15, 0.2) is 0 Å². The standard InChI is InChI=1S/C25H40N4O2/c1-6-22(30)26-20-12-7-8-13-21(20)29-16-14-25(15-17-29,28(4)5)24(31)27-23-18(2)10-9-11-19(23)3/h9-11,20-21H,6-8,12-17H2,1-5H3,(H,26,30)(H,27,31). The van der Waals surface area contributed by atoms with E-state index in [1.165, 1.54) is 12.8 Å². The molecule has 0 aromatic heterocycles. The predicted molar refractivity (Wildman–Crippen MR) is 126 cm³/mol. The number of aryl methyl sites for hydroxylation is 2. The van der Waals surface area contributed by atoms with Gasteiger partial charge >= 0.3 is 0 Å². The number of likely N-dealkylation sites (tertiary alicyclic amines) is 1. The molecule has 2 atom stereocenters. The number of rotatable bonds is 6. The largest absolute Gasteiger partial charge is 0.352 e. The number of anilines is 1. The molecule has 6 nitrogen and oxygen atoms in total. The second-order valence-corrected chi connectivity index (χ2v) is 9.56. The van der Waals surface area contributed by atoms with Crippen LogP contribution in [0.1, 0.15) is 63.0 Å². The van der Waals surface area contributed by atoms with E-state index in [1.807, 2.05) is 53.1 Å². The molecule has 0 spiro atoms. The van der Waals surface area contributed by atoms with Crippen molar-refractivity contribution in [2.75, 3.05) is 32.5 Å². The maximum absolute atomic E-state index is 13.5. The number of para-hydroxylation sites is 1. The Hall–Kier alpha value is -1.92. The van der Waals surface area contributed by atoms with Crippen molar-refractivity contribution in [2.45, 2.75) is 83.3 Å². The summed E-state index contributed by atoms with van der Waals surface area (Å²) in [7, 11) is 4.04. The number of benzene rings is 1. The summed E-state index contributed by atoms with van der Waals surface area (Å²) in [6.07, 6.45) is 6.69. The third-order valence-electron chi connectivity index (χ3n) is 7.49. The Kier molecular flexibility index (Phi) is 7.76. The lowest BCUT2D eigenvalue weighted by molar-refractivity contribution is -0.130. The number of carbonyl (C=O) groups is 2. The minimum atomic E-state index is -0.512. The number of likely N-dealkylation sites (N-methyl/N-ethyl adjacent to an activating group) is 1. The van der Waals surface area contributed by atoms with Crippen LogP contribution in [0, 0.1) is 13.8 Å². The zero-order chi connectivity index (χ0) is 22.6. The van der Waals surface area contributed by atoms with Crippen LogP contribution in [0.2, 0.25) is 0 Å². The summed E-state index contributed by atoms with van der Waals surface area (Å²) in [5.74, 6) is 0.235. The highest BCUT2D eigenvalue weighted by atomic mass is 16.2. The van der Waals surface area contributed by atoms with Gasteiger partial charge in [0, 0.05) is 37.3 Å². The fraction of sp³-hybridized carbons (Fsp3) is 0.680. The van der Waals surface area contributed by atoms with Gasteiger partial charge in [-0.05, 0) is 64.8 Å². The lowest BCUT2D eigenvalue weighted by Gasteiger charge is -2.49. The molecule has 1 aromatic carbocycles. The smallest absolute Gasteiger partial charge is 0.244 e. The fourth-order valence-corrected chi connectivity index (χ4v) is 5.37. The second-order valence-electron chi connectivity index (χ2n) is 9.56. The van der Waals surface area contributed by atoms with E-state index < -0.39 is 5.54 Å². The van der Waals surface area contributed by atoms with Crippen molar-refractivity contribution in [1.29, 1.82) is 0 Å². The molecule has 6 heteroatoms. The molecule has 1 aromatic rings. The van der Waals surface area contributed by atoms with E-state index in [2.05, 4.69) is 20.4 Å². The molecule has 0 radical (unpaired) electrons. The van der Waals surface area contributed by atoms with Crippen LogP contribution in [0.5, 0.6) is 0 Å². The first kappa shape index (κ1) is 23.7. The summed E-state index contributed by atoms with van der Waals surface area (Å²) >= 11 is 0. The molecule has 3 rings (SSSR count). The van der Waals surface area contributed by atoms with Crippen LogP contribution in [0.4, 0.5) is 5.69 Å². The summed E-state index contributed by atoms with van der Waals surface area (Å²) in [5.41, 5.74) is 2.61. The Bertz CT molecular complexity index is 763. The summed E-state index contributed by atoms with van der Waals surface area (Å²) in [6, 6.07) is 6.73. The molecule has 1 saturated heterocycles. The summed E-state index contributed by atoms with van der Waals surface area (Å²) in [4.78, 5) is 30.2. The van der Waals surface area contributed by atoms with E-state index in [9.17, 15) is 9.59 Å². The number of hydrogen-bond acceptors (Lipinski definition) is 4. The van der Waals surface area contributed by atoms with Crippen molar-refractivity contribution in [3.63, 3.8) is 0 Å². The maximum Gasteiger partial charge on any atom is 0.244 e. The molecule has 172 valence electrons. The second kappa shape index (κ2) is 10.1. The highest BCUT2D eigenvalue weighted by Gasteiger charge is 2.45. The summed E-state index contributed by atoms with van der Waals surface area (Å²) in [5, 5.41) is 6.51. The number of nitrogens with zero attached hydrogens (tertiary/aromatic N) is 2. The molecule has 1 saturated carbocycles. The Morgan fingerprint density at radius 3 is 2.29 bits per heavy atom. The van der Waals surface area contributed by atoms with Crippen molar-refractivity contribution in [3.8, 4) is 0 Å². The topological polar surface area (TPSA) is 64.7 Å². The minimum Gasteiger partial charge on any atom is -0.352 e. The van der Waals surface area contributed by atoms with Crippen LogP contribution in [-0.4, -0.2) is 66.4 Å². The van der Waals surface area contributed by atoms with Gasteiger partial charge < -0.3 is 10.6 Å². The van der Waals surface area contributed by atoms with Crippen molar-refractivity contribution >= 4 is 17.5 Å². The number of amides is 2. The first-order valence-corrected chi connectivity index (χ1v) is 11.9. The third kappa shape index (κ3) is 5.12. The van der Waals surface area contributed by atoms with Gasteiger partial charge in [0.2, 0.25) is 11.8 Å². The highest BCUT2D eigenvalue weighted by Crippen LogP contribution is 2.33. The van der Waals surface area contributed by atoms with E-state index in [0.29, 0.717) is 12.5 Å². The maximum atomic E-state index is 13.5. The van der Waals surface area contributed by atoms with Crippen molar-refractivity contribution in [1.82, 2.24) is 15.1 Å². The Balaban J connectivity index is 1.71. The number of carbonyl (C=O) groups excluding carboxylic acids is 2. The van der Waals surface area contributed by atoms with E-state index in [-0.39, 0.29) is 17.9 Å².